The van der Waals surface area contributed by atoms with Crippen molar-refractivity contribution in [3.8, 4) is 0 Å². The van der Waals surface area contributed by atoms with E-state index in [0.29, 0.717) is 45.0 Å². The molecule has 2 aliphatic heterocycles. The smallest absolute Gasteiger partial charge is 0.282 e. The van der Waals surface area contributed by atoms with Gasteiger partial charge in [-0.2, -0.15) is 17.0 Å². The van der Waals surface area contributed by atoms with Crippen molar-refractivity contribution in [3.63, 3.8) is 0 Å². The first kappa shape index (κ1) is 21.4. The molecule has 2 aliphatic rings. The molecule has 1 aromatic rings. The zero-order valence-corrected chi connectivity index (χ0v) is 17.3. The Morgan fingerprint density at radius 1 is 1.00 bits per heavy atom. The summed E-state index contributed by atoms with van der Waals surface area (Å²) in [5.74, 6) is -0.734. The molecular weight excluding hydrogens is 407 g/mol. The summed E-state index contributed by atoms with van der Waals surface area (Å²) in [5.41, 5.74) is 0.357. The minimum absolute atomic E-state index is 0.130. The highest BCUT2D eigenvalue weighted by atomic mass is 35.5. The number of nitrogens with one attached hydrogen (secondary N) is 1. The van der Waals surface area contributed by atoms with Crippen molar-refractivity contribution in [1.29, 1.82) is 0 Å². The molecule has 10 heteroatoms. The van der Waals surface area contributed by atoms with Gasteiger partial charge in [0.05, 0.1) is 17.3 Å². The van der Waals surface area contributed by atoms with Crippen LogP contribution in [0.5, 0.6) is 0 Å². The van der Waals surface area contributed by atoms with Gasteiger partial charge in [0, 0.05) is 39.3 Å². The van der Waals surface area contributed by atoms with Crippen molar-refractivity contribution in [3.05, 3.63) is 29.0 Å². The van der Waals surface area contributed by atoms with Crippen LogP contribution in [0.15, 0.2) is 18.2 Å². The normalized spacial score (nSPS) is 20.6. The fourth-order valence-electron chi connectivity index (χ4n) is 3.54. The Morgan fingerprint density at radius 2 is 1.61 bits per heavy atom. The molecule has 0 spiro atoms. The number of halogens is 2. The Morgan fingerprint density at radius 3 is 2.21 bits per heavy atom. The molecule has 0 aromatic heterocycles. The topological polar surface area (TPSA) is 73.0 Å². The highest BCUT2D eigenvalue weighted by Gasteiger charge is 2.32. The van der Waals surface area contributed by atoms with E-state index >= 15 is 0 Å². The van der Waals surface area contributed by atoms with Crippen LogP contribution in [0.3, 0.4) is 0 Å². The van der Waals surface area contributed by atoms with Crippen LogP contribution in [-0.4, -0.2) is 73.6 Å². The van der Waals surface area contributed by atoms with E-state index in [-0.39, 0.29) is 17.5 Å². The molecule has 28 heavy (non-hydrogen) atoms. The summed E-state index contributed by atoms with van der Waals surface area (Å²) in [7, 11) is -3.43. The van der Waals surface area contributed by atoms with E-state index in [1.54, 1.807) is 4.31 Å². The molecule has 2 saturated heterocycles. The highest BCUT2D eigenvalue weighted by Crippen LogP contribution is 2.22. The molecule has 7 nitrogen and oxygen atoms in total. The molecule has 1 N–H and O–H groups in total. The number of hydrogen-bond donors (Lipinski definition) is 1. The number of carbonyl (C=O) groups excluding carboxylic acids is 1. The number of anilines is 1. The summed E-state index contributed by atoms with van der Waals surface area (Å²) in [4.78, 5) is 14.1. The van der Waals surface area contributed by atoms with Gasteiger partial charge < -0.3 is 5.32 Å². The second-order valence-corrected chi connectivity index (χ2v) is 9.50. The van der Waals surface area contributed by atoms with E-state index in [2.05, 4.69) is 5.32 Å². The Hall–Kier alpha value is -1.26. The van der Waals surface area contributed by atoms with Gasteiger partial charge in [0.1, 0.15) is 5.82 Å². The van der Waals surface area contributed by atoms with E-state index in [9.17, 15) is 17.6 Å². The largest absolute Gasteiger partial charge is 0.324 e. The van der Waals surface area contributed by atoms with Gasteiger partial charge in [0.25, 0.3) is 10.2 Å². The van der Waals surface area contributed by atoms with Crippen LogP contribution in [0, 0.1) is 5.82 Å². The van der Waals surface area contributed by atoms with Gasteiger partial charge >= 0.3 is 0 Å². The van der Waals surface area contributed by atoms with Crippen molar-refractivity contribution in [2.75, 3.05) is 51.1 Å². The van der Waals surface area contributed by atoms with Crippen LogP contribution < -0.4 is 5.32 Å². The van der Waals surface area contributed by atoms with Crippen LogP contribution in [-0.2, 0) is 15.0 Å². The molecule has 2 fully saturated rings. The molecule has 0 aliphatic carbocycles. The van der Waals surface area contributed by atoms with Gasteiger partial charge in [-0.15, -0.1) is 0 Å². The zero-order valence-electron chi connectivity index (χ0n) is 15.7. The number of piperazine rings is 1. The first-order chi connectivity index (χ1) is 13.4. The van der Waals surface area contributed by atoms with E-state index in [0.717, 1.165) is 31.7 Å². The minimum Gasteiger partial charge on any atom is -0.324 e. The second kappa shape index (κ2) is 9.49. The Labute approximate surface area is 170 Å². The third-order valence-electron chi connectivity index (χ3n) is 5.12. The fraction of sp³-hybridized carbons (Fsp3) is 0.611. The van der Waals surface area contributed by atoms with E-state index in [4.69, 9.17) is 11.6 Å². The summed E-state index contributed by atoms with van der Waals surface area (Å²) in [5, 5.41) is 2.81. The minimum atomic E-state index is -3.43. The average Bonchev–Trinajstić information content (AvgIpc) is 2.94. The average molecular weight is 433 g/mol. The molecule has 3 rings (SSSR count). The maximum absolute atomic E-state index is 13.1. The molecule has 0 saturated carbocycles. The number of hydrogen-bond acceptors (Lipinski definition) is 4. The molecular formula is C18H26ClFN4O3S. The van der Waals surface area contributed by atoms with Crippen molar-refractivity contribution in [2.45, 2.75) is 25.7 Å². The molecule has 0 bridgehead atoms. The van der Waals surface area contributed by atoms with Crippen molar-refractivity contribution in [2.24, 2.45) is 0 Å². The van der Waals surface area contributed by atoms with Gasteiger partial charge in [0.15, 0.2) is 0 Å². The lowest BCUT2D eigenvalue weighted by Crippen LogP contribution is -2.54. The number of amides is 1. The maximum atomic E-state index is 13.1. The van der Waals surface area contributed by atoms with E-state index in [1.807, 2.05) is 4.90 Å². The Balaban J connectivity index is 1.50. The molecule has 156 valence electrons. The molecule has 0 atom stereocenters. The number of rotatable bonds is 5. The quantitative estimate of drug-likeness (QED) is 0.773. The van der Waals surface area contributed by atoms with E-state index < -0.39 is 16.0 Å². The van der Waals surface area contributed by atoms with Crippen LogP contribution in [0.2, 0.25) is 5.02 Å². The van der Waals surface area contributed by atoms with E-state index in [1.165, 1.54) is 16.4 Å². The molecule has 1 amide bonds. The molecule has 0 unspecified atom stereocenters. The molecule has 0 radical (unpaired) electrons. The van der Waals surface area contributed by atoms with Gasteiger partial charge in [-0.1, -0.05) is 24.4 Å². The monoisotopic (exact) mass is 432 g/mol. The van der Waals surface area contributed by atoms with Gasteiger partial charge in [-0.25, -0.2) is 4.39 Å². The lowest BCUT2D eigenvalue weighted by Gasteiger charge is -2.36. The first-order valence-corrected chi connectivity index (χ1v) is 11.4. The van der Waals surface area contributed by atoms with Crippen LogP contribution in [0.4, 0.5) is 10.1 Å². The van der Waals surface area contributed by atoms with Gasteiger partial charge in [-0.3, -0.25) is 9.69 Å². The SMILES string of the molecule is O=C(CN1CCN(S(=O)(=O)N2CCCCCC2)CC1)Nc1ccc(F)cc1Cl. The van der Waals surface area contributed by atoms with Crippen molar-refractivity contribution in [1.82, 2.24) is 13.5 Å². The summed E-state index contributed by atoms with van der Waals surface area (Å²) in [6, 6.07) is 3.79. The number of nitrogens with zero attached hydrogens (tertiary/aromatic N) is 3. The highest BCUT2D eigenvalue weighted by molar-refractivity contribution is 7.86. The van der Waals surface area contributed by atoms with Crippen LogP contribution in [0.25, 0.3) is 0 Å². The Bertz CT molecular complexity index is 792. The fourth-order valence-corrected chi connectivity index (χ4v) is 5.42. The maximum Gasteiger partial charge on any atom is 0.282 e. The number of benzene rings is 1. The second-order valence-electron chi connectivity index (χ2n) is 7.17. The van der Waals surface area contributed by atoms with Gasteiger partial charge in [0.2, 0.25) is 5.91 Å². The molecule has 1 aromatic carbocycles. The lowest BCUT2D eigenvalue weighted by atomic mass is 10.2. The first-order valence-electron chi connectivity index (χ1n) is 9.59. The summed E-state index contributed by atoms with van der Waals surface area (Å²) < 4.78 is 41.9. The number of carbonyl (C=O) groups is 1. The standard InChI is InChI=1S/C18H26ClFN4O3S/c19-16-13-15(20)5-6-17(16)21-18(25)14-22-9-11-24(12-10-22)28(26,27)23-7-3-1-2-4-8-23/h5-6,13H,1-4,7-12,14H2,(H,21,25). The third-order valence-corrected chi connectivity index (χ3v) is 7.47. The summed E-state index contributed by atoms with van der Waals surface area (Å²) in [6.45, 7) is 3.00. The third kappa shape index (κ3) is 5.42. The van der Waals surface area contributed by atoms with Crippen LogP contribution >= 0.6 is 11.6 Å². The zero-order chi connectivity index (χ0) is 20.1. The van der Waals surface area contributed by atoms with Crippen LogP contribution in [0.1, 0.15) is 25.7 Å². The predicted molar refractivity (Wildman–Crippen MR) is 107 cm³/mol. The predicted octanol–water partition coefficient (Wildman–Crippen LogP) is 2.16. The lowest BCUT2D eigenvalue weighted by molar-refractivity contribution is -0.117. The molecule has 2 heterocycles. The summed E-state index contributed by atoms with van der Waals surface area (Å²) in [6.07, 6.45) is 3.97. The Kier molecular flexibility index (Phi) is 7.27. The van der Waals surface area contributed by atoms with Gasteiger partial charge in [-0.05, 0) is 31.0 Å². The van der Waals surface area contributed by atoms with Crippen molar-refractivity contribution < 1.29 is 17.6 Å². The van der Waals surface area contributed by atoms with Crippen molar-refractivity contribution >= 4 is 33.4 Å². The summed E-state index contributed by atoms with van der Waals surface area (Å²) >= 11 is 5.92.